The fourth-order valence-corrected chi connectivity index (χ4v) is 5.21. The van der Waals surface area contributed by atoms with Crippen LogP contribution < -0.4 is 0 Å². The zero-order valence-corrected chi connectivity index (χ0v) is 29.5. The third-order valence-electron chi connectivity index (χ3n) is 7.27. The van der Waals surface area contributed by atoms with Crippen molar-refractivity contribution in [2.75, 3.05) is 47.5 Å². The number of rotatable bonds is 29. The van der Waals surface area contributed by atoms with Crippen molar-refractivity contribution in [1.82, 2.24) is 0 Å². The quantitative estimate of drug-likeness (QED) is 0.0281. The Morgan fingerprint density at radius 1 is 0.727 bits per heavy atom. The Hall–Kier alpha value is -1.38. The van der Waals surface area contributed by atoms with E-state index in [0.29, 0.717) is 17.4 Å². The highest BCUT2D eigenvalue weighted by atomic mass is 31.2. The number of likely N-dealkylation sites (N-methyl/N-ethyl adjacent to an activating group) is 1. The predicted molar refractivity (Wildman–Crippen MR) is 180 cm³/mol. The number of ether oxygens (including phenoxy) is 1. The van der Waals surface area contributed by atoms with Crippen LogP contribution in [-0.2, 0) is 23.1 Å². The molecule has 0 heterocycles. The number of carbonyl (C=O) groups excluding carboxylic acids is 1. The number of hydrogen-bond donors (Lipinski definition) is 2. The first-order valence-corrected chi connectivity index (χ1v) is 18.8. The number of nitrogens with zero attached hydrogens (tertiary/aromatic N) is 1. The van der Waals surface area contributed by atoms with E-state index in [2.05, 4.69) is 30.6 Å². The molecule has 0 aromatic carbocycles. The third kappa shape index (κ3) is 32.0. The minimum absolute atomic E-state index is 0.0411. The van der Waals surface area contributed by atoms with Gasteiger partial charge in [-0.25, -0.2) is 4.57 Å². The molecule has 0 spiro atoms. The van der Waals surface area contributed by atoms with Crippen LogP contribution >= 0.6 is 7.82 Å². The summed E-state index contributed by atoms with van der Waals surface area (Å²) in [7, 11) is 1.51. The van der Waals surface area contributed by atoms with E-state index in [1.165, 1.54) is 83.5 Å². The van der Waals surface area contributed by atoms with E-state index < -0.39 is 33.1 Å². The van der Waals surface area contributed by atoms with E-state index >= 15 is 0 Å². The molecule has 0 aromatic rings. The monoisotopic (exact) mass is 642 g/mol. The van der Waals surface area contributed by atoms with Crippen LogP contribution in [0.1, 0.15) is 142 Å². The molecule has 0 amide bonds. The summed E-state index contributed by atoms with van der Waals surface area (Å²) in [5.41, 5.74) is 0. The summed E-state index contributed by atoms with van der Waals surface area (Å²) in [5, 5.41) is 9.42. The first-order chi connectivity index (χ1) is 21.1. The van der Waals surface area contributed by atoms with Crippen molar-refractivity contribution < 1.29 is 37.6 Å². The molecule has 0 radical (unpaired) electrons. The van der Waals surface area contributed by atoms with Gasteiger partial charge >= 0.3 is 13.8 Å². The molecule has 2 N–H and O–H groups in total. The van der Waals surface area contributed by atoms with Crippen LogP contribution in [0, 0.1) is 23.7 Å². The Labute approximate surface area is 270 Å². The molecule has 256 valence electrons. The van der Waals surface area contributed by atoms with Gasteiger partial charge in [0.1, 0.15) is 19.3 Å². The highest BCUT2D eigenvalue weighted by Crippen LogP contribution is 2.43. The Morgan fingerprint density at radius 3 is 1.64 bits per heavy atom. The van der Waals surface area contributed by atoms with Gasteiger partial charge < -0.3 is 19.2 Å². The predicted octanol–water partition coefficient (Wildman–Crippen LogP) is 7.95. The van der Waals surface area contributed by atoms with E-state index in [0.717, 1.165) is 38.5 Å². The van der Waals surface area contributed by atoms with Gasteiger partial charge in [-0.3, -0.25) is 13.8 Å². The summed E-state index contributed by atoms with van der Waals surface area (Å²) in [6.07, 6.45) is 23.5. The Balaban J connectivity index is 3.67. The fraction of sp³-hybridized carbons (Fsp3) is 0.857. The molecule has 0 aliphatic carbocycles. The minimum atomic E-state index is -4.28. The van der Waals surface area contributed by atoms with E-state index in [1.54, 1.807) is 0 Å². The molecule has 44 heavy (non-hydrogen) atoms. The van der Waals surface area contributed by atoms with Crippen LogP contribution in [0.15, 0.2) is 0 Å². The summed E-state index contributed by atoms with van der Waals surface area (Å²) in [4.78, 5) is 21.8. The third-order valence-corrected chi connectivity index (χ3v) is 8.25. The zero-order valence-electron chi connectivity index (χ0n) is 28.6. The number of carbonyl (C=O) groups is 1. The molecule has 0 aromatic heterocycles. The van der Waals surface area contributed by atoms with Crippen LogP contribution in [0.25, 0.3) is 0 Å². The summed E-state index contributed by atoms with van der Waals surface area (Å²) >= 11 is 0. The van der Waals surface area contributed by atoms with Gasteiger partial charge in [0.15, 0.2) is 0 Å². The molecular formula is C35H65NO7P+. The number of phosphoric acid groups is 1. The number of quaternary nitrogens is 1. The van der Waals surface area contributed by atoms with Gasteiger partial charge in [0, 0.05) is 19.3 Å². The van der Waals surface area contributed by atoms with E-state index in [1.807, 2.05) is 21.1 Å². The van der Waals surface area contributed by atoms with Gasteiger partial charge in [0.2, 0.25) is 0 Å². The van der Waals surface area contributed by atoms with Crippen molar-refractivity contribution in [2.24, 2.45) is 0 Å². The van der Waals surface area contributed by atoms with Gasteiger partial charge in [0.25, 0.3) is 0 Å². The summed E-state index contributed by atoms with van der Waals surface area (Å²) in [6.45, 7) is 1.91. The molecule has 0 aliphatic rings. The molecule has 0 aliphatic heterocycles. The molecule has 0 rings (SSSR count). The first kappa shape index (κ1) is 42.6. The lowest BCUT2D eigenvalue weighted by molar-refractivity contribution is -0.870. The number of unbranched alkanes of at least 4 members (excludes halogenated alkanes) is 18. The average Bonchev–Trinajstić information content (AvgIpc) is 2.96. The number of aliphatic hydroxyl groups excluding tert-OH is 1. The molecular weight excluding hydrogens is 577 g/mol. The van der Waals surface area contributed by atoms with Crippen molar-refractivity contribution in [1.29, 1.82) is 0 Å². The van der Waals surface area contributed by atoms with Crippen molar-refractivity contribution in [3.63, 3.8) is 0 Å². The second kappa shape index (κ2) is 29.1. The SMILES string of the molecule is CCCCCCCCCCCCCCCCC#CC#CCCCCCCC(=O)O[C@@H](CO)COP(=O)(O)OCC[N+](C)(C)C. The van der Waals surface area contributed by atoms with Crippen LogP contribution in [0.4, 0.5) is 0 Å². The van der Waals surface area contributed by atoms with E-state index in [4.69, 9.17) is 13.8 Å². The molecule has 9 heteroatoms. The lowest BCUT2D eigenvalue weighted by Gasteiger charge is -2.24. The molecule has 0 saturated heterocycles. The average molecular weight is 643 g/mol. The molecule has 1 unspecified atom stereocenters. The fourth-order valence-electron chi connectivity index (χ4n) is 4.47. The van der Waals surface area contributed by atoms with Crippen LogP contribution in [0.3, 0.4) is 0 Å². The first-order valence-electron chi connectivity index (χ1n) is 17.3. The van der Waals surface area contributed by atoms with E-state index in [-0.39, 0.29) is 13.0 Å². The maximum atomic E-state index is 12.1. The van der Waals surface area contributed by atoms with Crippen molar-refractivity contribution in [3.8, 4) is 23.7 Å². The zero-order chi connectivity index (χ0) is 32.8. The smallest absolute Gasteiger partial charge is 0.457 e. The van der Waals surface area contributed by atoms with Gasteiger partial charge in [-0.1, -0.05) is 115 Å². The van der Waals surface area contributed by atoms with Gasteiger partial charge in [-0.05, 0) is 31.1 Å². The molecule has 0 saturated carbocycles. The standard InChI is InChI=1S/C35H64NO7P/c1-5-6-7-8-9-10-11-12-13-14-15-16-17-18-19-20-21-22-23-24-25-26-27-28-29-35(38)43-34(32-37)33-42-44(39,40)41-31-30-36(2,3)4/h34,37H,5-19,24-33H2,1-4H3/p+1/t34-/m0/s1. The largest absolute Gasteiger partial charge is 0.472 e. The molecule has 0 bridgehead atoms. The lowest BCUT2D eigenvalue weighted by atomic mass is 10.0. The summed E-state index contributed by atoms with van der Waals surface area (Å²) in [5.74, 6) is 11.7. The molecule has 0 fully saturated rings. The molecule has 2 atom stereocenters. The van der Waals surface area contributed by atoms with Crippen molar-refractivity contribution >= 4 is 13.8 Å². The number of aliphatic hydroxyl groups is 1. The maximum absolute atomic E-state index is 12.1. The maximum Gasteiger partial charge on any atom is 0.472 e. The van der Waals surface area contributed by atoms with Crippen molar-refractivity contribution in [3.05, 3.63) is 0 Å². The highest BCUT2D eigenvalue weighted by Gasteiger charge is 2.25. The lowest BCUT2D eigenvalue weighted by Crippen LogP contribution is -2.37. The van der Waals surface area contributed by atoms with Crippen LogP contribution in [0.2, 0.25) is 0 Å². The highest BCUT2D eigenvalue weighted by molar-refractivity contribution is 7.47. The summed E-state index contributed by atoms with van der Waals surface area (Å²) in [6, 6.07) is 0. The Morgan fingerprint density at radius 2 is 1.18 bits per heavy atom. The van der Waals surface area contributed by atoms with Gasteiger partial charge in [-0.15, -0.1) is 0 Å². The minimum Gasteiger partial charge on any atom is -0.457 e. The Kier molecular flexibility index (Phi) is 28.1. The van der Waals surface area contributed by atoms with Gasteiger partial charge in [-0.2, -0.15) is 0 Å². The molecule has 8 nitrogen and oxygen atoms in total. The van der Waals surface area contributed by atoms with Crippen LogP contribution in [-0.4, -0.2) is 74.1 Å². The van der Waals surface area contributed by atoms with Crippen LogP contribution in [0.5, 0.6) is 0 Å². The number of phosphoric ester groups is 1. The van der Waals surface area contributed by atoms with Crippen molar-refractivity contribution in [2.45, 2.75) is 148 Å². The Bertz CT molecular complexity index is 866. The normalized spacial score (nSPS) is 13.3. The number of hydrogen-bond acceptors (Lipinski definition) is 6. The second-order valence-electron chi connectivity index (χ2n) is 12.8. The summed E-state index contributed by atoms with van der Waals surface area (Å²) < 4.78 is 27.5. The topological polar surface area (TPSA) is 102 Å². The second-order valence-corrected chi connectivity index (χ2v) is 14.2. The number of esters is 1. The van der Waals surface area contributed by atoms with Gasteiger partial charge in [0.05, 0.1) is 34.4 Å². The van der Waals surface area contributed by atoms with E-state index in [9.17, 15) is 19.4 Å².